The van der Waals surface area contributed by atoms with E-state index in [9.17, 15) is 4.79 Å². The molecule has 0 saturated carbocycles. The summed E-state index contributed by atoms with van der Waals surface area (Å²) in [4.78, 5) is 11.9. The lowest BCUT2D eigenvalue weighted by Crippen LogP contribution is -2.14. The van der Waals surface area contributed by atoms with Gasteiger partial charge < -0.3 is 10.6 Å². The van der Waals surface area contributed by atoms with Crippen LogP contribution in [0.3, 0.4) is 0 Å². The number of carbonyl (C=O) groups excluding carboxylic acids is 1. The molecule has 0 radical (unpaired) electrons. The summed E-state index contributed by atoms with van der Waals surface area (Å²) in [5, 5.41) is 12.7. The average Bonchev–Trinajstić information content (AvgIpc) is 3.03. The number of aromatic amines is 1. The zero-order valence-electron chi connectivity index (χ0n) is 11.9. The number of hydrogen-bond acceptors (Lipinski definition) is 3. The standard InChI is InChI=1S/C17H16N4O/c22-17(12-16-10-11-18-21-16)20-15-8-6-14(7-9-15)19-13-4-2-1-3-5-13/h1-11,19H,12H2,(H,18,21)(H,20,22). The van der Waals surface area contributed by atoms with Crippen LogP contribution in [0.2, 0.25) is 0 Å². The van der Waals surface area contributed by atoms with Crippen LogP contribution in [0.4, 0.5) is 17.1 Å². The van der Waals surface area contributed by atoms with Crippen LogP contribution in [-0.2, 0) is 11.2 Å². The average molecular weight is 292 g/mol. The van der Waals surface area contributed by atoms with Gasteiger partial charge in [-0.05, 0) is 42.5 Å². The van der Waals surface area contributed by atoms with Gasteiger partial charge in [0.2, 0.25) is 5.91 Å². The summed E-state index contributed by atoms with van der Waals surface area (Å²) < 4.78 is 0. The van der Waals surface area contributed by atoms with Crippen LogP contribution in [0.1, 0.15) is 5.69 Å². The van der Waals surface area contributed by atoms with Crippen LogP contribution in [-0.4, -0.2) is 16.1 Å². The number of amides is 1. The highest BCUT2D eigenvalue weighted by Crippen LogP contribution is 2.18. The third-order valence-corrected chi connectivity index (χ3v) is 3.14. The summed E-state index contributed by atoms with van der Waals surface area (Å²) in [5.41, 5.74) is 3.55. The quantitative estimate of drug-likeness (QED) is 0.675. The van der Waals surface area contributed by atoms with E-state index in [4.69, 9.17) is 0 Å². The summed E-state index contributed by atoms with van der Waals surface area (Å²) in [7, 11) is 0. The molecule has 0 unspecified atom stereocenters. The second-order valence-electron chi connectivity index (χ2n) is 4.88. The fraction of sp³-hybridized carbons (Fsp3) is 0.0588. The van der Waals surface area contributed by atoms with E-state index < -0.39 is 0 Å². The van der Waals surface area contributed by atoms with Gasteiger partial charge in [-0.2, -0.15) is 5.10 Å². The van der Waals surface area contributed by atoms with Gasteiger partial charge in [0, 0.05) is 29.0 Å². The van der Waals surface area contributed by atoms with Crippen molar-refractivity contribution in [3.63, 3.8) is 0 Å². The topological polar surface area (TPSA) is 69.8 Å². The van der Waals surface area contributed by atoms with E-state index in [1.807, 2.05) is 54.6 Å². The maximum absolute atomic E-state index is 11.9. The zero-order chi connectivity index (χ0) is 15.2. The second kappa shape index (κ2) is 6.58. The number of aromatic nitrogens is 2. The molecule has 0 aliphatic heterocycles. The van der Waals surface area contributed by atoms with Gasteiger partial charge in [0.25, 0.3) is 0 Å². The van der Waals surface area contributed by atoms with Crippen LogP contribution in [0, 0.1) is 0 Å². The Labute approximate surface area is 128 Å². The molecule has 2 aromatic carbocycles. The number of nitrogens with zero attached hydrogens (tertiary/aromatic N) is 1. The van der Waals surface area contributed by atoms with E-state index in [1.54, 1.807) is 12.3 Å². The van der Waals surface area contributed by atoms with Crippen LogP contribution >= 0.6 is 0 Å². The molecule has 0 aliphatic carbocycles. The smallest absolute Gasteiger partial charge is 0.230 e. The first-order valence-corrected chi connectivity index (χ1v) is 7.00. The third-order valence-electron chi connectivity index (χ3n) is 3.14. The molecule has 0 spiro atoms. The van der Waals surface area contributed by atoms with Crippen molar-refractivity contribution in [2.24, 2.45) is 0 Å². The molecule has 1 heterocycles. The lowest BCUT2D eigenvalue weighted by atomic mass is 10.2. The number of nitrogens with one attached hydrogen (secondary N) is 3. The molecule has 22 heavy (non-hydrogen) atoms. The molecule has 0 atom stereocenters. The minimum absolute atomic E-state index is 0.0759. The second-order valence-corrected chi connectivity index (χ2v) is 4.88. The Morgan fingerprint density at radius 2 is 1.59 bits per heavy atom. The van der Waals surface area contributed by atoms with Gasteiger partial charge in [0.1, 0.15) is 0 Å². The Morgan fingerprint density at radius 1 is 0.909 bits per heavy atom. The predicted octanol–water partition coefficient (Wildman–Crippen LogP) is 3.33. The number of carbonyl (C=O) groups is 1. The van der Waals surface area contributed by atoms with Gasteiger partial charge in [-0.3, -0.25) is 9.89 Å². The maximum atomic E-state index is 11.9. The molecular formula is C17H16N4O. The molecule has 5 heteroatoms. The van der Waals surface area contributed by atoms with Gasteiger partial charge in [-0.25, -0.2) is 0 Å². The van der Waals surface area contributed by atoms with Crippen molar-refractivity contribution in [3.05, 3.63) is 72.6 Å². The third kappa shape index (κ3) is 3.73. The fourth-order valence-electron chi connectivity index (χ4n) is 2.09. The molecule has 1 aromatic heterocycles. The summed E-state index contributed by atoms with van der Waals surface area (Å²) >= 11 is 0. The first-order chi connectivity index (χ1) is 10.8. The van der Waals surface area contributed by atoms with Crippen molar-refractivity contribution >= 4 is 23.0 Å². The monoisotopic (exact) mass is 292 g/mol. The number of H-pyrrole nitrogens is 1. The van der Waals surface area contributed by atoms with Crippen LogP contribution < -0.4 is 10.6 Å². The number of anilines is 3. The molecule has 0 bridgehead atoms. The van der Waals surface area contributed by atoms with Crippen LogP contribution in [0.25, 0.3) is 0 Å². The summed E-state index contributed by atoms with van der Waals surface area (Å²) in [6.45, 7) is 0. The lowest BCUT2D eigenvalue weighted by Gasteiger charge is -2.08. The van der Waals surface area contributed by atoms with Gasteiger partial charge in [-0.15, -0.1) is 0 Å². The first kappa shape index (κ1) is 13.9. The van der Waals surface area contributed by atoms with Crippen molar-refractivity contribution < 1.29 is 4.79 Å². The maximum Gasteiger partial charge on any atom is 0.230 e. The van der Waals surface area contributed by atoms with Gasteiger partial charge in [-0.1, -0.05) is 18.2 Å². The summed E-state index contributed by atoms with van der Waals surface area (Å²) in [6.07, 6.45) is 1.91. The highest BCUT2D eigenvalue weighted by atomic mass is 16.1. The molecule has 5 nitrogen and oxygen atoms in total. The normalized spacial score (nSPS) is 10.2. The first-order valence-electron chi connectivity index (χ1n) is 7.00. The van der Waals surface area contributed by atoms with Crippen molar-refractivity contribution in [2.75, 3.05) is 10.6 Å². The lowest BCUT2D eigenvalue weighted by molar-refractivity contribution is -0.115. The number of hydrogen-bond donors (Lipinski definition) is 3. The fourth-order valence-corrected chi connectivity index (χ4v) is 2.09. The Bertz CT molecular complexity index is 721. The van der Waals surface area contributed by atoms with E-state index >= 15 is 0 Å². The Morgan fingerprint density at radius 3 is 2.27 bits per heavy atom. The molecule has 3 aromatic rings. The van der Waals surface area contributed by atoms with E-state index in [0.29, 0.717) is 0 Å². The Hall–Kier alpha value is -3.08. The number of para-hydroxylation sites is 1. The predicted molar refractivity (Wildman–Crippen MR) is 87.1 cm³/mol. The molecule has 3 rings (SSSR count). The molecule has 1 amide bonds. The van der Waals surface area contributed by atoms with Crippen LogP contribution in [0.15, 0.2) is 66.9 Å². The molecule has 0 aliphatic rings. The van der Waals surface area contributed by atoms with Crippen molar-refractivity contribution in [1.29, 1.82) is 0 Å². The SMILES string of the molecule is O=C(Cc1ccn[nH]1)Nc1ccc(Nc2ccccc2)cc1. The van der Waals surface area contributed by atoms with E-state index in [0.717, 1.165) is 22.8 Å². The zero-order valence-corrected chi connectivity index (χ0v) is 11.9. The van der Waals surface area contributed by atoms with Crippen molar-refractivity contribution in [2.45, 2.75) is 6.42 Å². The molecule has 0 fully saturated rings. The number of benzene rings is 2. The molecule has 0 saturated heterocycles. The Kier molecular flexibility index (Phi) is 4.15. The molecular weight excluding hydrogens is 276 g/mol. The van der Waals surface area contributed by atoms with E-state index in [2.05, 4.69) is 20.8 Å². The Balaban J connectivity index is 1.58. The largest absolute Gasteiger partial charge is 0.356 e. The van der Waals surface area contributed by atoms with Gasteiger partial charge in [0.15, 0.2) is 0 Å². The van der Waals surface area contributed by atoms with E-state index in [-0.39, 0.29) is 12.3 Å². The highest BCUT2D eigenvalue weighted by molar-refractivity contribution is 5.92. The van der Waals surface area contributed by atoms with Crippen LogP contribution in [0.5, 0.6) is 0 Å². The minimum atomic E-state index is -0.0759. The highest BCUT2D eigenvalue weighted by Gasteiger charge is 2.05. The summed E-state index contributed by atoms with van der Waals surface area (Å²) in [5.74, 6) is -0.0759. The molecule has 110 valence electrons. The minimum Gasteiger partial charge on any atom is -0.356 e. The van der Waals surface area contributed by atoms with Gasteiger partial charge >= 0.3 is 0 Å². The molecule has 3 N–H and O–H groups in total. The number of rotatable bonds is 5. The van der Waals surface area contributed by atoms with Crippen molar-refractivity contribution in [3.8, 4) is 0 Å². The van der Waals surface area contributed by atoms with Gasteiger partial charge in [0.05, 0.1) is 6.42 Å². The van der Waals surface area contributed by atoms with E-state index in [1.165, 1.54) is 0 Å². The van der Waals surface area contributed by atoms with Crippen molar-refractivity contribution in [1.82, 2.24) is 10.2 Å². The summed E-state index contributed by atoms with van der Waals surface area (Å²) in [6, 6.07) is 19.3.